The zero-order valence-corrected chi connectivity index (χ0v) is 11.2. The minimum Gasteiger partial charge on any atom is -0.296 e. The Morgan fingerprint density at radius 1 is 1.35 bits per heavy atom. The van der Waals surface area contributed by atoms with E-state index in [2.05, 4.69) is 15.9 Å². The summed E-state index contributed by atoms with van der Waals surface area (Å²) in [6.45, 7) is 1.91. The summed E-state index contributed by atoms with van der Waals surface area (Å²) in [4.78, 5) is 23.2. The zero-order valence-electron chi connectivity index (χ0n) is 9.58. The Hall–Kier alpha value is -1.03. The van der Waals surface area contributed by atoms with Crippen molar-refractivity contribution in [2.24, 2.45) is 0 Å². The molecular weight excluding hydrogens is 287 g/mol. The molecule has 0 heterocycles. The number of halogens is 2. The molecule has 1 unspecified atom stereocenters. The van der Waals surface area contributed by atoms with Crippen molar-refractivity contribution in [2.75, 3.05) is 0 Å². The number of carbonyl (C=O) groups is 2. The lowest BCUT2D eigenvalue weighted by atomic mass is 10.0. The van der Waals surface area contributed by atoms with Crippen LogP contribution in [-0.2, 0) is 4.79 Å². The van der Waals surface area contributed by atoms with Crippen molar-refractivity contribution in [3.05, 3.63) is 34.3 Å². The van der Waals surface area contributed by atoms with Gasteiger partial charge in [-0.15, -0.1) is 0 Å². The number of benzene rings is 1. The molecule has 1 atom stereocenters. The van der Waals surface area contributed by atoms with Crippen LogP contribution in [0.25, 0.3) is 0 Å². The van der Waals surface area contributed by atoms with Crippen LogP contribution in [0, 0.1) is 0 Å². The molecular formula is C13H14BrFO2. The summed E-state index contributed by atoms with van der Waals surface area (Å²) in [5.74, 6) is -1.40. The van der Waals surface area contributed by atoms with E-state index in [1.54, 1.807) is 18.2 Å². The van der Waals surface area contributed by atoms with E-state index in [1.807, 2.05) is 6.92 Å². The third-order valence-corrected chi connectivity index (χ3v) is 3.12. The predicted octanol–water partition coefficient (Wildman–Crippen LogP) is 3.73. The number of hydrogen-bond donors (Lipinski definition) is 0. The van der Waals surface area contributed by atoms with E-state index in [-0.39, 0.29) is 12.0 Å². The molecule has 1 aromatic carbocycles. The summed E-state index contributed by atoms with van der Waals surface area (Å²) in [7, 11) is 0. The minimum absolute atomic E-state index is 0.119. The zero-order chi connectivity index (χ0) is 12.8. The van der Waals surface area contributed by atoms with Gasteiger partial charge >= 0.3 is 0 Å². The Balaban J connectivity index is 2.77. The van der Waals surface area contributed by atoms with E-state index in [4.69, 9.17) is 0 Å². The van der Waals surface area contributed by atoms with E-state index in [0.717, 1.165) is 6.42 Å². The first kappa shape index (κ1) is 14.0. The van der Waals surface area contributed by atoms with Gasteiger partial charge in [0.05, 0.1) is 0 Å². The topological polar surface area (TPSA) is 34.1 Å². The fraction of sp³-hybridized carbons (Fsp3) is 0.385. The van der Waals surface area contributed by atoms with Gasteiger partial charge in [-0.05, 0) is 12.5 Å². The smallest absolute Gasteiger partial charge is 0.220 e. The average Bonchev–Trinajstić information content (AvgIpc) is 2.34. The van der Waals surface area contributed by atoms with Crippen molar-refractivity contribution < 1.29 is 14.0 Å². The van der Waals surface area contributed by atoms with Crippen molar-refractivity contribution in [1.82, 2.24) is 0 Å². The number of unbranched alkanes of at least 4 members (excludes halogenated alkanes) is 1. The Bertz CT molecular complexity index is 418. The van der Waals surface area contributed by atoms with Gasteiger partial charge in [0.25, 0.3) is 0 Å². The van der Waals surface area contributed by atoms with Crippen LogP contribution in [0.2, 0.25) is 0 Å². The number of Topliss-reactive ketones (excluding diaryl/α,β-unsaturated/α-hetero) is 2. The quantitative estimate of drug-likeness (QED) is 0.592. The Labute approximate surface area is 108 Å². The van der Waals surface area contributed by atoms with E-state index in [1.165, 1.54) is 6.07 Å². The SMILES string of the molecule is CCCCC(=O)C(F)C(=O)c1ccccc1Br. The normalized spacial score (nSPS) is 12.2. The Kier molecular flexibility index (Phi) is 5.48. The summed E-state index contributed by atoms with van der Waals surface area (Å²) in [5, 5.41) is 0. The molecule has 0 saturated heterocycles. The van der Waals surface area contributed by atoms with Crippen LogP contribution in [0.4, 0.5) is 4.39 Å². The van der Waals surface area contributed by atoms with E-state index < -0.39 is 17.7 Å². The van der Waals surface area contributed by atoms with Crippen molar-refractivity contribution in [3.63, 3.8) is 0 Å². The highest BCUT2D eigenvalue weighted by molar-refractivity contribution is 9.10. The van der Waals surface area contributed by atoms with Gasteiger partial charge in [0, 0.05) is 16.5 Å². The summed E-state index contributed by atoms with van der Waals surface area (Å²) in [5.41, 5.74) is 0.213. The average molecular weight is 301 g/mol. The maximum atomic E-state index is 13.7. The highest BCUT2D eigenvalue weighted by Crippen LogP contribution is 2.19. The molecule has 0 aliphatic carbocycles. The second-order valence-corrected chi connectivity index (χ2v) is 4.63. The van der Waals surface area contributed by atoms with Crippen LogP contribution in [0.15, 0.2) is 28.7 Å². The van der Waals surface area contributed by atoms with Crippen LogP contribution < -0.4 is 0 Å². The molecule has 17 heavy (non-hydrogen) atoms. The minimum atomic E-state index is -2.04. The summed E-state index contributed by atoms with van der Waals surface area (Å²) in [6.07, 6.45) is -0.502. The lowest BCUT2D eigenvalue weighted by molar-refractivity contribution is -0.122. The molecule has 0 aromatic heterocycles. The van der Waals surface area contributed by atoms with Gasteiger partial charge in [-0.1, -0.05) is 47.5 Å². The van der Waals surface area contributed by atoms with E-state index in [0.29, 0.717) is 10.9 Å². The third-order valence-electron chi connectivity index (χ3n) is 2.43. The van der Waals surface area contributed by atoms with Crippen LogP contribution in [0.1, 0.15) is 36.5 Å². The van der Waals surface area contributed by atoms with Gasteiger partial charge in [-0.25, -0.2) is 4.39 Å². The largest absolute Gasteiger partial charge is 0.296 e. The molecule has 0 bridgehead atoms. The van der Waals surface area contributed by atoms with Crippen molar-refractivity contribution in [3.8, 4) is 0 Å². The molecule has 0 N–H and O–H groups in total. The molecule has 2 nitrogen and oxygen atoms in total. The molecule has 0 fully saturated rings. The summed E-state index contributed by atoms with van der Waals surface area (Å²) < 4.78 is 14.2. The van der Waals surface area contributed by atoms with Gasteiger partial charge in [0.15, 0.2) is 5.78 Å². The number of ketones is 2. The number of carbonyl (C=O) groups excluding carboxylic acids is 2. The second kappa shape index (κ2) is 6.64. The van der Waals surface area contributed by atoms with Gasteiger partial charge in [-0.3, -0.25) is 9.59 Å². The molecule has 0 spiro atoms. The molecule has 1 rings (SSSR count). The first-order valence-corrected chi connectivity index (χ1v) is 6.32. The van der Waals surface area contributed by atoms with Crippen molar-refractivity contribution in [1.29, 1.82) is 0 Å². The summed E-state index contributed by atoms with van der Waals surface area (Å²) >= 11 is 3.17. The first-order chi connectivity index (χ1) is 8.07. The highest BCUT2D eigenvalue weighted by atomic mass is 79.9. The number of alkyl halides is 1. The van der Waals surface area contributed by atoms with Gasteiger partial charge < -0.3 is 0 Å². The molecule has 92 valence electrons. The van der Waals surface area contributed by atoms with Crippen molar-refractivity contribution in [2.45, 2.75) is 32.4 Å². The van der Waals surface area contributed by atoms with Crippen LogP contribution in [0.5, 0.6) is 0 Å². The number of hydrogen-bond acceptors (Lipinski definition) is 2. The second-order valence-electron chi connectivity index (χ2n) is 3.78. The summed E-state index contributed by atoms with van der Waals surface area (Å²) in [6, 6.07) is 6.52. The molecule has 0 aliphatic rings. The molecule has 0 aliphatic heterocycles. The molecule has 0 saturated carbocycles. The van der Waals surface area contributed by atoms with Crippen LogP contribution in [-0.4, -0.2) is 17.7 Å². The highest BCUT2D eigenvalue weighted by Gasteiger charge is 2.27. The van der Waals surface area contributed by atoms with Gasteiger partial charge in [-0.2, -0.15) is 0 Å². The van der Waals surface area contributed by atoms with E-state index in [9.17, 15) is 14.0 Å². The maximum absolute atomic E-state index is 13.7. The molecule has 0 radical (unpaired) electrons. The molecule has 0 amide bonds. The fourth-order valence-electron chi connectivity index (χ4n) is 1.42. The van der Waals surface area contributed by atoms with Gasteiger partial charge in [0.2, 0.25) is 12.0 Å². The lowest BCUT2D eigenvalue weighted by Crippen LogP contribution is -2.26. The Morgan fingerprint density at radius 2 is 2.00 bits per heavy atom. The maximum Gasteiger partial charge on any atom is 0.220 e. The van der Waals surface area contributed by atoms with Crippen molar-refractivity contribution >= 4 is 27.5 Å². The monoisotopic (exact) mass is 300 g/mol. The fourth-order valence-corrected chi connectivity index (χ4v) is 1.90. The van der Waals surface area contributed by atoms with E-state index >= 15 is 0 Å². The number of rotatable bonds is 6. The molecule has 4 heteroatoms. The predicted molar refractivity (Wildman–Crippen MR) is 67.9 cm³/mol. The standard InChI is InChI=1S/C13H14BrFO2/c1-2-3-8-11(16)12(15)13(17)9-6-4-5-7-10(9)14/h4-7,12H,2-3,8H2,1H3. The first-order valence-electron chi connectivity index (χ1n) is 5.53. The molecule has 1 aromatic rings. The van der Waals surface area contributed by atoms with Crippen LogP contribution in [0.3, 0.4) is 0 Å². The third kappa shape index (κ3) is 3.73. The Morgan fingerprint density at radius 3 is 2.59 bits per heavy atom. The van der Waals surface area contributed by atoms with Crippen LogP contribution >= 0.6 is 15.9 Å². The lowest BCUT2D eigenvalue weighted by Gasteiger charge is -2.07. The van der Waals surface area contributed by atoms with Gasteiger partial charge in [0.1, 0.15) is 0 Å².